The van der Waals surface area contributed by atoms with Crippen molar-refractivity contribution < 1.29 is 4.39 Å². The van der Waals surface area contributed by atoms with Gasteiger partial charge in [-0.3, -0.25) is 4.98 Å². The fourth-order valence-corrected chi connectivity index (χ4v) is 4.25. The van der Waals surface area contributed by atoms with E-state index < -0.39 is 0 Å². The summed E-state index contributed by atoms with van der Waals surface area (Å²) < 4.78 is 13.5. The number of nitrogens with zero attached hydrogens (tertiary/aromatic N) is 1. The van der Waals surface area contributed by atoms with Gasteiger partial charge in [-0.2, -0.15) is 0 Å². The summed E-state index contributed by atoms with van der Waals surface area (Å²) in [5, 5.41) is 3.39. The number of fused-ring (bicyclic) bond motifs is 3. The SMILES string of the molecule is CNC(c1cncc(F)c1)C1C2CCc3ccccc3C21. The van der Waals surface area contributed by atoms with E-state index in [0.29, 0.717) is 11.8 Å². The number of pyridine rings is 1. The quantitative estimate of drug-likeness (QED) is 0.932. The van der Waals surface area contributed by atoms with Crippen molar-refractivity contribution >= 4 is 0 Å². The number of benzene rings is 1. The summed E-state index contributed by atoms with van der Waals surface area (Å²) in [5.74, 6) is 1.65. The van der Waals surface area contributed by atoms with Gasteiger partial charge < -0.3 is 5.32 Å². The molecule has 1 fully saturated rings. The number of hydrogen-bond donors (Lipinski definition) is 1. The molecule has 3 heteroatoms. The zero-order valence-corrected chi connectivity index (χ0v) is 12.1. The lowest BCUT2D eigenvalue weighted by atomic mass is 9.92. The third kappa shape index (κ3) is 2.07. The van der Waals surface area contributed by atoms with Crippen molar-refractivity contribution in [2.24, 2.45) is 11.8 Å². The minimum absolute atomic E-state index is 0.189. The Balaban J connectivity index is 1.66. The normalized spacial score (nSPS) is 27.6. The predicted molar refractivity (Wildman–Crippen MR) is 80.5 cm³/mol. The number of halogens is 1. The first-order chi connectivity index (χ1) is 10.3. The molecule has 0 bridgehead atoms. The Morgan fingerprint density at radius 3 is 2.95 bits per heavy atom. The predicted octanol–water partition coefficient (Wildman–Crippen LogP) is 3.46. The molecule has 21 heavy (non-hydrogen) atoms. The molecular weight excluding hydrogens is 263 g/mol. The fraction of sp³-hybridized carbons (Fsp3) is 0.389. The third-order valence-corrected chi connectivity index (χ3v) is 5.17. The molecule has 0 spiro atoms. The van der Waals surface area contributed by atoms with Gasteiger partial charge in [0.2, 0.25) is 0 Å². The van der Waals surface area contributed by atoms with Crippen molar-refractivity contribution in [1.29, 1.82) is 0 Å². The zero-order valence-electron chi connectivity index (χ0n) is 12.1. The first kappa shape index (κ1) is 13.0. The van der Waals surface area contributed by atoms with E-state index >= 15 is 0 Å². The van der Waals surface area contributed by atoms with Crippen LogP contribution in [0, 0.1) is 17.7 Å². The molecule has 4 unspecified atom stereocenters. The second-order valence-electron chi connectivity index (χ2n) is 6.21. The van der Waals surface area contributed by atoms with Gasteiger partial charge in [0, 0.05) is 12.2 Å². The minimum Gasteiger partial charge on any atom is -0.313 e. The van der Waals surface area contributed by atoms with Gasteiger partial charge in [-0.15, -0.1) is 0 Å². The van der Waals surface area contributed by atoms with Crippen LogP contribution in [0.4, 0.5) is 4.39 Å². The molecule has 1 heterocycles. The van der Waals surface area contributed by atoms with Gasteiger partial charge in [0.1, 0.15) is 5.82 Å². The maximum Gasteiger partial charge on any atom is 0.141 e. The second-order valence-corrected chi connectivity index (χ2v) is 6.21. The molecule has 1 saturated carbocycles. The summed E-state index contributed by atoms with van der Waals surface area (Å²) in [6.07, 6.45) is 5.48. The molecule has 4 atom stereocenters. The third-order valence-electron chi connectivity index (χ3n) is 5.17. The van der Waals surface area contributed by atoms with Crippen molar-refractivity contribution in [3.8, 4) is 0 Å². The molecule has 1 aromatic carbocycles. The number of nitrogens with one attached hydrogen (secondary N) is 1. The Bertz CT molecular complexity index is 670. The average molecular weight is 282 g/mol. The molecule has 0 aliphatic heterocycles. The number of aromatic nitrogens is 1. The molecule has 2 aromatic rings. The maximum atomic E-state index is 13.5. The molecule has 2 aliphatic carbocycles. The lowest BCUT2D eigenvalue weighted by Crippen LogP contribution is -2.20. The van der Waals surface area contributed by atoms with Crippen LogP contribution in [0.5, 0.6) is 0 Å². The van der Waals surface area contributed by atoms with Gasteiger partial charge in [-0.05, 0) is 60.4 Å². The molecule has 1 aromatic heterocycles. The standard InChI is InChI=1S/C18H19FN2/c1-20-18(12-8-13(19)10-21-9-12)17-15-7-6-11-4-2-3-5-14(11)16(15)17/h2-5,8-10,15-18,20H,6-7H2,1H3. The number of rotatable bonds is 3. The highest BCUT2D eigenvalue weighted by Crippen LogP contribution is 2.64. The summed E-state index contributed by atoms with van der Waals surface area (Å²) in [7, 11) is 1.96. The molecule has 0 saturated heterocycles. The Hall–Kier alpha value is -1.74. The van der Waals surface area contributed by atoms with Crippen molar-refractivity contribution in [2.75, 3.05) is 7.05 Å². The first-order valence-electron chi connectivity index (χ1n) is 7.65. The van der Waals surface area contributed by atoms with Gasteiger partial charge in [0.05, 0.1) is 6.20 Å². The average Bonchev–Trinajstić information content (AvgIpc) is 3.23. The van der Waals surface area contributed by atoms with Gasteiger partial charge >= 0.3 is 0 Å². The first-order valence-corrected chi connectivity index (χ1v) is 7.65. The van der Waals surface area contributed by atoms with Gasteiger partial charge in [-0.1, -0.05) is 24.3 Å². The van der Waals surface area contributed by atoms with E-state index in [4.69, 9.17) is 0 Å². The van der Waals surface area contributed by atoms with Crippen molar-refractivity contribution in [2.45, 2.75) is 24.8 Å². The number of hydrogen-bond acceptors (Lipinski definition) is 2. The molecule has 108 valence electrons. The van der Waals surface area contributed by atoms with Crippen LogP contribution in [0.15, 0.2) is 42.7 Å². The lowest BCUT2D eigenvalue weighted by molar-refractivity contribution is 0.479. The van der Waals surface area contributed by atoms with Crippen LogP contribution in [-0.2, 0) is 6.42 Å². The fourth-order valence-electron chi connectivity index (χ4n) is 4.25. The van der Waals surface area contributed by atoms with Crippen LogP contribution in [-0.4, -0.2) is 12.0 Å². The van der Waals surface area contributed by atoms with E-state index in [1.807, 2.05) is 7.05 Å². The van der Waals surface area contributed by atoms with Gasteiger partial charge in [0.15, 0.2) is 0 Å². The van der Waals surface area contributed by atoms with Crippen LogP contribution in [0.3, 0.4) is 0 Å². The highest BCUT2D eigenvalue weighted by molar-refractivity contribution is 5.41. The Morgan fingerprint density at radius 1 is 1.29 bits per heavy atom. The van der Waals surface area contributed by atoms with E-state index in [1.54, 1.807) is 12.3 Å². The van der Waals surface area contributed by atoms with E-state index in [9.17, 15) is 4.39 Å². The largest absolute Gasteiger partial charge is 0.313 e. The molecule has 0 radical (unpaired) electrons. The van der Waals surface area contributed by atoms with E-state index in [-0.39, 0.29) is 11.9 Å². The van der Waals surface area contributed by atoms with Crippen molar-refractivity contribution in [1.82, 2.24) is 10.3 Å². The Morgan fingerprint density at radius 2 is 2.14 bits per heavy atom. The lowest BCUT2D eigenvalue weighted by Gasteiger charge is -2.17. The summed E-state index contributed by atoms with van der Waals surface area (Å²) in [5.41, 5.74) is 3.96. The van der Waals surface area contributed by atoms with Crippen LogP contribution in [0.1, 0.15) is 35.1 Å². The maximum absolute atomic E-state index is 13.5. The van der Waals surface area contributed by atoms with E-state index in [0.717, 1.165) is 11.5 Å². The number of aryl methyl sites for hydroxylation is 1. The van der Waals surface area contributed by atoms with E-state index in [1.165, 1.54) is 30.2 Å². The van der Waals surface area contributed by atoms with Crippen LogP contribution in [0.25, 0.3) is 0 Å². The van der Waals surface area contributed by atoms with E-state index in [2.05, 4.69) is 34.6 Å². The summed E-state index contributed by atoms with van der Waals surface area (Å²) in [6, 6.07) is 10.6. The molecule has 4 rings (SSSR count). The highest BCUT2D eigenvalue weighted by Gasteiger charge is 2.56. The van der Waals surface area contributed by atoms with Crippen LogP contribution in [0.2, 0.25) is 0 Å². The van der Waals surface area contributed by atoms with Crippen LogP contribution < -0.4 is 5.32 Å². The topological polar surface area (TPSA) is 24.9 Å². The zero-order chi connectivity index (χ0) is 14.4. The van der Waals surface area contributed by atoms with Crippen LogP contribution >= 0.6 is 0 Å². The highest BCUT2D eigenvalue weighted by atomic mass is 19.1. The van der Waals surface area contributed by atoms with Gasteiger partial charge in [0.25, 0.3) is 0 Å². The molecule has 2 nitrogen and oxygen atoms in total. The Kier molecular flexibility index (Phi) is 3.03. The van der Waals surface area contributed by atoms with Crippen molar-refractivity contribution in [3.05, 3.63) is 65.2 Å². The molecular formula is C18H19FN2. The monoisotopic (exact) mass is 282 g/mol. The summed E-state index contributed by atoms with van der Waals surface area (Å²) >= 11 is 0. The van der Waals surface area contributed by atoms with Crippen molar-refractivity contribution in [3.63, 3.8) is 0 Å². The second kappa shape index (κ2) is 4.92. The smallest absolute Gasteiger partial charge is 0.141 e. The summed E-state index contributed by atoms with van der Waals surface area (Å²) in [6.45, 7) is 0. The molecule has 1 N–H and O–H groups in total. The molecule has 0 amide bonds. The minimum atomic E-state index is -0.253. The Labute approximate surface area is 124 Å². The summed E-state index contributed by atoms with van der Waals surface area (Å²) in [4.78, 5) is 4.01. The molecule has 2 aliphatic rings. The van der Waals surface area contributed by atoms with Gasteiger partial charge in [-0.25, -0.2) is 4.39 Å².